The van der Waals surface area contributed by atoms with E-state index in [2.05, 4.69) is 9.97 Å². The molecule has 0 aliphatic rings. The van der Waals surface area contributed by atoms with Crippen molar-refractivity contribution in [3.05, 3.63) is 82.2 Å². The number of rotatable bonds is 4. The summed E-state index contributed by atoms with van der Waals surface area (Å²) in [6.07, 6.45) is 0. The number of benzene rings is 2. The summed E-state index contributed by atoms with van der Waals surface area (Å²) < 4.78 is 6.78. The van der Waals surface area contributed by atoms with Crippen molar-refractivity contribution in [1.82, 2.24) is 14.5 Å². The molecule has 0 amide bonds. The molecule has 2 heterocycles. The van der Waals surface area contributed by atoms with Gasteiger partial charge in [-0.3, -0.25) is 4.79 Å². The van der Waals surface area contributed by atoms with Crippen LogP contribution >= 0.6 is 0 Å². The third-order valence-electron chi connectivity index (χ3n) is 4.72. The Bertz CT molecular complexity index is 1420. The van der Waals surface area contributed by atoms with Crippen LogP contribution < -0.4 is 5.56 Å². The number of carbonyl (C=O) groups is 1. The van der Waals surface area contributed by atoms with Crippen molar-refractivity contribution >= 4 is 33.3 Å². The summed E-state index contributed by atoms with van der Waals surface area (Å²) in [5, 5.41) is 21.0. The average molecular weight is 400 g/mol. The Morgan fingerprint density at radius 2 is 1.97 bits per heavy atom. The molecule has 2 aromatic heterocycles. The van der Waals surface area contributed by atoms with Crippen LogP contribution in [0.15, 0.2) is 65.2 Å². The van der Waals surface area contributed by atoms with Gasteiger partial charge in [0.05, 0.1) is 11.0 Å². The van der Waals surface area contributed by atoms with E-state index in [0.29, 0.717) is 16.3 Å². The molecular weight excluding hydrogens is 384 g/mol. The van der Waals surface area contributed by atoms with Crippen LogP contribution in [0, 0.1) is 11.3 Å². The summed E-state index contributed by atoms with van der Waals surface area (Å²) >= 11 is 0. The molecule has 0 radical (unpaired) electrons. The Labute approximate surface area is 170 Å². The van der Waals surface area contributed by atoms with Crippen LogP contribution in [0.3, 0.4) is 0 Å². The maximum absolute atomic E-state index is 12.4. The first-order valence-electron chi connectivity index (χ1n) is 9.03. The smallest absolute Gasteiger partial charge is 0.355 e. The van der Waals surface area contributed by atoms with E-state index < -0.39 is 23.9 Å². The SMILES string of the molecule is Cn1c(/C(C#N)=C(\O)COC(=O)c2cc3ccccc3c(=O)[nH]2)nc2ccccc21. The molecular formula is C22H16N4O4. The number of aliphatic hydroxyl groups excluding tert-OH is 1. The van der Waals surface area contributed by atoms with Gasteiger partial charge in [-0.15, -0.1) is 0 Å². The van der Waals surface area contributed by atoms with Crippen LogP contribution in [0.2, 0.25) is 0 Å². The van der Waals surface area contributed by atoms with Crippen molar-refractivity contribution in [3.63, 3.8) is 0 Å². The van der Waals surface area contributed by atoms with Gasteiger partial charge in [0.2, 0.25) is 0 Å². The predicted octanol–water partition coefficient (Wildman–Crippen LogP) is 3.06. The first-order valence-corrected chi connectivity index (χ1v) is 9.03. The molecule has 8 nitrogen and oxygen atoms in total. The average Bonchev–Trinajstić information content (AvgIpc) is 3.09. The number of allylic oxidation sites excluding steroid dienone is 1. The highest BCUT2D eigenvalue weighted by molar-refractivity contribution is 5.93. The molecule has 148 valence electrons. The van der Waals surface area contributed by atoms with Crippen molar-refractivity contribution in [2.45, 2.75) is 0 Å². The Balaban J connectivity index is 1.61. The van der Waals surface area contributed by atoms with Gasteiger partial charge >= 0.3 is 5.97 Å². The molecule has 0 fully saturated rings. The Kier molecular flexibility index (Phi) is 4.78. The number of pyridine rings is 1. The Morgan fingerprint density at radius 1 is 1.23 bits per heavy atom. The summed E-state index contributed by atoms with van der Waals surface area (Å²) in [5.74, 6) is -1.01. The summed E-state index contributed by atoms with van der Waals surface area (Å²) in [5.41, 5.74) is 0.888. The fraction of sp³-hybridized carbons (Fsp3) is 0.0909. The highest BCUT2D eigenvalue weighted by atomic mass is 16.5. The van der Waals surface area contributed by atoms with E-state index in [4.69, 9.17) is 4.74 Å². The number of esters is 1. The molecule has 4 aromatic rings. The number of aryl methyl sites for hydroxylation is 1. The zero-order chi connectivity index (χ0) is 21.3. The number of para-hydroxylation sites is 2. The van der Waals surface area contributed by atoms with Gasteiger partial charge in [-0.05, 0) is 29.7 Å². The number of ether oxygens (including phenoxy) is 1. The van der Waals surface area contributed by atoms with Crippen LogP contribution in [0.25, 0.3) is 27.4 Å². The molecule has 0 atom stereocenters. The quantitative estimate of drug-likeness (QED) is 0.308. The third-order valence-corrected chi connectivity index (χ3v) is 4.72. The molecule has 4 rings (SSSR count). The standard InChI is InChI=1S/C22H16N4O4/c1-26-18-9-5-4-8-16(18)24-20(26)15(11-23)19(27)12-30-22(29)17-10-13-6-2-3-7-14(13)21(28)25-17/h2-10,27H,12H2,1H3,(H,25,28)/b19-15-. The first kappa shape index (κ1) is 19.0. The van der Waals surface area contributed by atoms with Crippen LogP contribution in [-0.4, -0.2) is 32.2 Å². The Morgan fingerprint density at radius 3 is 2.73 bits per heavy atom. The van der Waals surface area contributed by atoms with Crippen LogP contribution in [0.5, 0.6) is 0 Å². The van der Waals surface area contributed by atoms with E-state index in [9.17, 15) is 20.0 Å². The third kappa shape index (κ3) is 3.29. The van der Waals surface area contributed by atoms with Crippen LogP contribution in [0.1, 0.15) is 16.3 Å². The van der Waals surface area contributed by atoms with Crippen molar-refractivity contribution in [1.29, 1.82) is 5.26 Å². The number of fused-ring (bicyclic) bond motifs is 2. The molecule has 0 unspecified atom stereocenters. The lowest BCUT2D eigenvalue weighted by Crippen LogP contribution is -2.16. The highest BCUT2D eigenvalue weighted by Gasteiger charge is 2.18. The molecule has 0 bridgehead atoms. The zero-order valence-corrected chi connectivity index (χ0v) is 15.9. The van der Waals surface area contributed by atoms with E-state index in [1.165, 1.54) is 6.07 Å². The lowest BCUT2D eigenvalue weighted by atomic mass is 10.1. The minimum atomic E-state index is -0.827. The molecule has 2 aromatic carbocycles. The fourth-order valence-electron chi connectivity index (χ4n) is 3.22. The number of H-pyrrole nitrogens is 1. The van der Waals surface area contributed by atoms with Crippen LogP contribution in [-0.2, 0) is 11.8 Å². The number of hydrogen-bond acceptors (Lipinski definition) is 6. The fourth-order valence-corrected chi connectivity index (χ4v) is 3.22. The van der Waals surface area contributed by atoms with Crippen LogP contribution in [0.4, 0.5) is 0 Å². The molecule has 8 heteroatoms. The van der Waals surface area contributed by atoms with Gasteiger partial charge in [-0.25, -0.2) is 9.78 Å². The largest absolute Gasteiger partial charge is 0.507 e. The van der Waals surface area contributed by atoms with Gasteiger partial charge in [-0.1, -0.05) is 30.3 Å². The minimum absolute atomic E-state index is 0.0484. The monoisotopic (exact) mass is 400 g/mol. The molecule has 0 spiro atoms. The number of imidazole rings is 1. The number of hydrogen-bond donors (Lipinski definition) is 2. The van der Waals surface area contributed by atoms with Crippen molar-refractivity contribution in [2.24, 2.45) is 7.05 Å². The van der Waals surface area contributed by atoms with Gasteiger partial charge in [0, 0.05) is 12.4 Å². The second kappa shape index (κ2) is 7.56. The second-order valence-corrected chi connectivity index (χ2v) is 6.59. The van der Waals surface area contributed by atoms with E-state index in [1.807, 2.05) is 24.3 Å². The van der Waals surface area contributed by atoms with E-state index in [0.717, 1.165) is 5.52 Å². The van der Waals surface area contributed by atoms with Crippen molar-refractivity contribution in [2.75, 3.05) is 6.61 Å². The normalized spacial score (nSPS) is 11.9. The molecule has 0 aliphatic heterocycles. The molecule has 0 saturated heterocycles. The van der Waals surface area contributed by atoms with Gasteiger partial charge < -0.3 is 19.4 Å². The van der Waals surface area contributed by atoms with Gasteiger partial charge in [0.25, 0.3) is 5.56 Å². The number of nitriles is 1. The number of carbonyl (C=O) groups excluding carboxylic acids is 1. The lowest BCUT2D eigenvalue weighted by Gasteiger charge is -2.07. The summed E-state index contributed by atoms with van der Waals surface area (Å²) in [6.45, 7) is -0.542. The van der Waals surface area contributed by atoms with Gasteiger partial charge in [0.15, 0.2) is 11.6 Å². The number of aliphatic hydroxyl groups is 1. The minimum Gasteiger partial charge on any atom is -0.507 e. The van der Waals surface area contributed by atoms with E-state index in [1.54, 1.807) is 41.9 Å². The predicted molar refractivity (Wildman–Crippen MR) is 111 cm³/mol. The van der Waals surface area contributed by atoms with Crippen molar-refractivity contribution in [3.8, 4) is 6.07 Å². The number of aromatic nitrogens is 3. The molecule has 2 N–H and O–H groups in total. The number of nitrogens with zero attached hydrogens (tertiary/aromatic N) is 3. The maximum atomic E-state index is 12.4. The van der Waals surface area contributed by atoms with E-state index >= 15 is 0 Å². The Hall–Kier alpha value is -4.38. The highest BCUT2D eigenvalue weighted by Crippen LogP contribution is 2.22. The maximum Gasteiger partial charge on any atom is 0.355 e. The number of aromatic amines is 1. The first-order chi connectivity index (χ1) is 14.5. The molecule has 0 saturated carbocycles. The number of nitrogens with one attached hydrogen (secondary N) is 1. The van der Waals surface area contributed by atoms with Gasteiger partial charge in [0.1, 0.15) is 23.9 Å². The second-order valence-electron chi connectivity index (χ2n) is 6.59. The zero-order valence-electron chi connectivity index (χ0n) is 15.9. The van der Waals surface area contributed by atoms with Crippen molar-refractivity contribution < 1.29 is 14.6 Å². The van der Waals surface area contributed by atoms with E-state index in [-0.39, 0.29) is 17.1 Å². The topological polar surface area (TPSA) is 121 Å². The summed E-state index contributed by atoms with van der Waals surface area (Å²) in [4.78, 5) is 31.3. The molecule has 30 heavy (non-hydrogen) atoms. The van der Waals surface area contributed by atoms with Gasteiger partial charge in [-0.2, -0.15) is 5.26 Å². The summed E-state index contributed by atoms with van der Waals surface area (Å²) in [7, 11) is 1.72. The molecule has 0 aliphatic carbocycles. The summed E-state index contributed by atoms with van der Waals surface area (Å²) in [6, 6.07) is 17.5. The lowest BCUT2D eigenvalue weighted by molar-refractivity contribution is 0.0496.